The third-order valence-electron chi connectivity index (χ3n) is 3.65. The molecule has 106 valence electrons. The number of nitrogens with zero attached hydrogens (tertiary/aromatic N) is 1. The standard InChI is InChI=1S/C13H18BrNO3S/c1-15(12-4-2-3-5-13(12)16)19(17,18)11-8-6-10(14)7-9-11/h6-9,12-13,16H,2-5H2,1H3/t12-,13-/m0/s1. The number of aliphatic hydroxyl groups excluding tert-OH is 1. The zero-order valence-electron chi connectivity index (χ0n) is 10.8. The summed E-state index contributed by atoms with van der Waals surface area (Å²) in [4.78, 5) is 0.260. The van der Waals surface area contributed by atoms with E-state index in [4.69, 9.17) is 0 Å². The first-order chi connectivity index (χ1) is 8.93. The number of halogens is 1. The second kappa shape index (κ2) is 5.91. The van der Waals surface area contributed by atoms with E-state index < -0.39 is 16.1 Å². The Morgan fingerprint density at radius 1 is 1.21 bits per heavy atom. The Labute approximate surface area is 122 Å². The van der Waals surface area contributed by atoms with Crippen LogP contribution in [0.5, 0.6) is 0 Å². The Morgan fingerprint density at radius 3 is 2.37 bits per heavy atom. The number of hydrogen-bond donors (Lipinski definition) is 1. The largest absolute Gasteiger partial charge is 0.391 e. The summed E-state index contributed by atoms with van der Waals surface area (Å²) < 4.78 is 27.1. The van der Waals surface area contributed by atoms with Gasteiger partial charge in [-0.3, -0.25) is 0 Å². The van der Waals surface area contributed by atoms with Crippen molar-refractivity contribution in [1.82, 2.24) is 4.31 Å². The Hall–Kier alpha value is -0.430. The predicted molar refractivity (Wildman–Crippen MR) is 77.4 cm³/mol. The van der Waals surface area contributed by atoms with Crippen molar-refractivity contribution in [2.45, 2.75) is 42.7 Å². The smallest absolute Gasteiger partial charge is 0.243 e. The van der Waals surface area contributed by atoms with Crippen LogP contribution in [0.1, 0.15) is 25.7 Å². The first-order valence-electron chi connectivity index (χ1n) is 6.34. The van der Waals surface area contributed by atoms with Gasteiger partial charge in [-0.15, -0.1) is 0 Å². The number of aliphatic hydroxyl groups is 1. The molecule has 0 unspecified atom stereocenters. The van der Waals surface area contributed by atoms with Crippen LogP contribution in [0.4, 0.5) is 0 Å². The monoisotopic (exact) mass is 347 g/mol. The van der Waals surface area contributed by atoms with E-state index >= 15 is 0 Å². The highest BCUT2D eigenvalue weighted by molar-refractivity contribution is 9.10. The minimum Gasteiger partial charge on any atom is -0.391 e. The molecule has 0 spiro atoms. The summed E-state index contributed by atoms with van der Waals surface area (Å²) >= 11 is 3.29. The lowest BCUT2D eigenvalue weighted by Gasteiger charge is -2.34. The molecular formula is C13H18BrNO3S. The molecule has 1 saturated carbocycles. The van der Waals surface area contributed by atoms with Gasteiger partial charge in [-0.1, -0.05) is 28.8 Å². The minimum absolute atomic E-state index is 0.260. The number of benzene rings is 1. The molecule has 0 heterocycles. The molecule has 0 saturated heterocycles. The van der Waals surface area contributed by atoms with Crippen LogP contribution in [0.3, 0.4) is 0 Å². The van der Waals surface area contributed by atoms with Crippen LogP contribution in [0.25, 0.3) is 0 Å². The van der Waals surface area contributed by atoms with Crippen LogP contribution in [-0.2, 0) is 10.0 Å². The molecule has 19 heavy (non-hydrogen) atoms. The second-order valence-electron chi connectivity index (χ2n) is 4.89. The van der Waals surface area contributed by atoms with E-state index in [-0.39, 0.29) is 10.9 Å². The molecular weight excluding hydrogens is 330 g/mol. The van der Waals surface area contributed by atoms with Crippen molar-refractivity contribution in [3.8, 4) is 0 Å². The van der Waals surface area contributed by atoms with Gasteiger partial charge in [-0.2, -0.15) is 4.31 Å². The molecule has 0 aromatic heterocycles. The molecule has 2 rings (SSSR count). The molecule has 1 aromatic rings. The first-order valence-corrected chi connectivity index (χ1v) is 8.58. The summed E-state index contributed by atoms with van der Waals surface area (Å²) in [7, 11) is -1.98. The zero-order chi connectivity index (χ0) is 14.0. The first kappa shape index (κ1) is 15.0. The fourth-order valence-electron chi connectivity index (χ4n) is 2.47. The van der Waals surface area contributed by atoms with Gasteiger partial charge in [-0.25, -0.2) is 8.42 Å². The molecule has 1 aliphatic rings. The van der Waals surface area contributed by atoms with Gasteiger partial charge in [0.1, 0.15) is 0 Å². The zero-order valence-corrected chi connectivity index (χ0v) is 13.2. The highest BCUT2D eigenvalue weighted by Crippen LogP contribution is 2.27. The third kappa shape index (κ3) is 3.18. The van der Waals surface area contributed by atoms with E-state index in [0.717, 1.165) is 17.3 Å². The van der Waals surface area contributed by atoms with Gasteiger partial charge in [0.05, 0.1) is 17.0 Å². The van der Waals surface area contributed by atoms with Crippen LogP contribution in [0.15, 0.2) is 33.6 Å². The molecule has 0 aliphatic heterocycles. The van der Waals surface area contributed by atoms with Gasteiger partial charge in [-0.05, 0) is 37.1 Å². The number of likely N-dealkylation sites (N-methyl/N-ethyl adjacent to an activating group) is 1. The maximum absolute atomic E-state index is 12.5. The summed E-state index contributed by atoms with van der Waals surface area (Å²) in [6.45, 7) is 0. The van der Waals surface area contributed by atoms with E-state index in [9.17, 15) is 13.5 Å². The summed E-state index contributed by atoms with van der Waals surface area (Å²) in [6, 6.07) is 6.24. The van der Waals surface area contributed by atoms with Gasteiger partial charge in [0.25, 0.3) is 0 Å². The fourth-order valence-corrected chi connectivity index (χ4v) is 4.15. The minimum atomic E-state index is -3.54. The van der Waals surface area contributed by atoms with Crippen LogP contribution >= 0.6 is 15.9 Å². The van der Waals surface area contributed by atoms with E-state index in [1.165, 1.54) is 4.31 Å². The summed E-state index contributed by atoms with van der Waals surface area (Å²) in [6.07, 6.45) is 2.74. The molecule has 1 fully saturated rings. The van der Waals surface area contributed by atoms with Crippen LogP contribution in [0.2, 0.25) is 0 Å². The number of rotatable bonds is 3. The maximum atomic E-state index is 12.5. The fraction of sp³-hybridized carbons (Fsp3) is 0.538. The van der Waals surface area contributed by atoms with Gasteiger partial charge in [0, 0.05) is 11.5 Å². The molecule has 0 bridgehead atoms. The van der Waals surface area contributed by atoms with Crippen LogP contribution < -0.4 is 0 Å². The topological polar surface area (TPSA) is 57.6 Å². The summed E-state index contributed by atoms with van der Waals surface area (Å²) in [5, 5.41) is 9.98. The third-order valence-corrected chi connectivity index (χ3v) is 6.08. The average molecular weight is 348 g/mol. The van der Waals surface area contributed by atoms with Crippen molar-refractivity contribution < 1.29 is 13.5 Å². The van der Waals surface area contributed by atoms with E-state index in [1.807, 2.05) is 0 Å². The number of hydrogen-bond acceptors (Lipinski definition) is 3. The van der Waals surface area contributed by atoms with Gasteiger partial charge < -0.3 is 5.11 Å². The molecule has 0 amide bonds. The van der Waals surface area contributed by atoms with Crippen LogP contribution in [0, 0.1) is 0 Å². The van der Waals surface area contributed by atoms with E-state index in [1.54, 1.807) is 31.3 Å². The maximum Gasteiger partial charge on any atom is 0.243 e. The lowest BCUT2D eigenvalue weighted by atomic mass is 9.93. The highest BCUT2D eigenvalue weighted by Gasteiger charge is 2.34. The van der Waals surface area contributed by atoms with Crippen molar-refractivity contribution in [2.24, 2.45) is 0 Å². The molecule has 2 atom stereocenters. The molecule has 1 aliphatic carbocycles. The summed E-state index contributed by atoms with van der Waals surface area (Å²) in [5.74, 6) is 0. The Bertz CT molecular complexity index is 529. The summed E-state index contributed by atoms with van der Waals surface area (Å²) in [5.41, 5.74) is 0. The highest BCUT2D eigenvalue weighted by atomic mass is 79.9. The number of sulfonamides is 1. The quantitative estimate of drug-likeness (QED) is 0.913. The Kier molecular flexibility index (Phi) is 4.66. The van der Waals surface area contributed by atoms with Crippen molar-refractivity contribution in [3.63, 3.8) is 0 Å². The predicted octanol–water partition coefficient (Wildman–Crippen LogP) is 2.37. The van der Waals surface area contributed by atoms with Crippen molar-refractivity contribution >= 4 is 26.0 Å². The van der Waals surface area contributed by atoms with Crippen LogP contribution in [-0.4, -0.2) is 37.0 Å². The lowest BCUT2D eigenvalue weighted by Crippen LogP contribution is -2.46. The van der Waals surface area contributed by atoms with Gasteiger partial charge >= 0.3 is 0 Å². The molecule has 1 aromatic carbocycles. The van der Waals surface area contributed by atoms with E-state index in [0.29, 0.717) is 12.8 Å². The Balaban J connectivity index is 2.25. The second-order valence-corrected chi connectivity index (χ2v) is 7.81. The average Bonchev–Trinajstić information content (AvgIpc) is 2.39. The van der Waals surface area contributed by atoms with Gasteiger partial charge in [0.2, 0.25) is 10.0 Å². The SMILES string of the molecule is CN([C@H]1CCCC[C@@H]1O)S(=O)(=O)c1ccc(Br)cc1. The van der Waals surface area contributed by atoms with Crippen molar-refractivity contribution in [2.75, 3.05) is 7.05 Å². The van der Waals surface area contributed by atoms with Crippen molar-refractivity contribution in [3.05, 3.63) is 28.7 Å². The molecule has 1 N–H and O–H groups in total. The lowest BCUT2D eigenvalue weighted by molar-refractivity contribution is 0.0638. The van der Waals surface area contributed by atoms with Gasteiger partial charge in [0.15, 0.2) is 0 Å². The van der Waals surface area contributed by atoms with E-state index in [2.05, 4.69) is 15.9 Å². The molecule has 4 nitrogen and oxygen atoms in total. The molecule has 6 heteroatoms. The normalized spacial score (nSPS) is 24.6. The Morgan fingerprint density at radius 2 is 1.79 bits per heavy atom. The molecule has 0 radical (unpaired) electrons. The van der Waals surface area contributed by atoms with Crippen molar-refractivity contribution in [1.29, 1.82) is 0 Å².